The zero-order valence-electron chi connectivity index (χ0n) is 17.3. The van der Waals surface area contributed by atoms with Crippen LogP contribution in [0.15, 0.2) is 48.4 Å². The van der Waals surface area contributed by atoms with E-state index in [1.165, 1.54) is 6.33 Å². The highest BCUT2D eigenvalue weighted by Crippen LogP contribution is 2.21. The summed E-state index contributed by atoms with van der Waals surface area (Å²) < 4.78 is 34.3. The number of hydrogen-bond donors (Lipinski definition) is 4. The number of nitrogens with one attached hydrogen (secondary N) is 2. The maximum absolute atomic E-state index is 12.2. The van der Waals surface area contributed by atoms with Gasteiger partial charge in [0.05, 0.1) is 18.5 Å². The molecule has 5 N–H and O–H groups in total. The molecule has 0 spiro atoms. The number of carbonyl (C=O) groups excluding carboxylic acids is 1. The van der Waals surface area contributed by atoms with Crippen molar-refractivity contribution in [1.82, 2.24) is 15.0 Å². The van der Waals surface area contributed by atoms with Crippen molar-refractivity contribution in [2.24, 2.45) is 0 Å². The fourth-order valence-corrected chi connectivity index (χ4v) is 2.54. The van der Waals surface area contributed by atoms with Gasteiger partial charge in [0.15, 0.2) is 0 Å². The Balaban J connectivity index is 0.000000282. The van der Waals surface area contributed by atoms with Crippen LogP contribution < -0.4 is 11.1 Å². The lowest BCUT2D eigenvalue weighted by Crippen LogP contribution is -2.16. The van der Waals surface area contributed by atoms with Gasteiger partial charge in [0, 0.05) is 28.5 Å². The molecule has 0 saturated heterocycles. The summed E-state index contributed by atoms with van der Waals surface area (Å²) in [7, 11) is 0. The third-order valence-electron chi connectivity index (χ3n) is 4.28. The molecule has 2 aromatic heterocycles. The summed E-state index contributed by atoms with van der Waals surface area (Å²) in [5.74, 6) is -1.46. The number of fused-ring (bicyclic) bond motifs is 1. The van der Waals surface area contributed by atoms with Crippen molar-refractivity contribution in [3.05, 3.63) is 59.7 Å². The molecule has 3 rings (SSSR count). The van der Waals surface area contributed by atoms with Crippen LogP contribution in [0, 0.1) is 6.92 Å². The Morgan fingerprint density at radius 3 is 2.62 bits per heavy atom. The van der Waals surface area contributed by atoms with Gasteiger partial charge >= 0.3 is 12.1 Å². The second-order valence-corrected chi connectivity index (χ2v) is 6.87. The minimum Gasteiger partial charge on any atom is -0.478 e. The number of hydrogen-bond acceptors (Lipinski definition) is 5. The van der Waals surface area contributed by atoms with Gasteiger partial charge in [-0.05, 0) is 37.6 Å². The zero-order valence-corrected chi connectivity index (χ0v) is 17.3. The smallest absolute Gasteiger partial charge is 0.392 e. The summed E-state index contributed by atoms with van der Waals surface area (Å²) in [5, 5.41) is 11.9. The molecule has 0 aliphatic carbocycles. The molecule has 0 radical (unpaired) electrons. The van der Waals surface area contributed by atoms with E-state index in [4.69, 9.17) is 10.8 Å². The zero-order chi connectivity index (χ0) is 23.9. The maximum atomic E-state index is 12.2. The lowest BCUT2D eigenvalue weighted by atomic mass is 10.1. The number of amides is 1. The molecule has 1 amide bonds. The molecule has 170 valence electrons. The van der Waals surface area contributed by atoms with Crippen LogP contribution in [-0.4, -0.2) is 38.1 Å². The van der Waals surface area contributed by atoms with Crippen LogP contribution in [0.3, 0.4) is 0 Å². The Morgan fingerprint density at radius 1 is 1.25 bits per heavy atom. The highest BCUT2D eigenvalue weighted by atomic mass is 19.4. The van der Waals surface area contributed by atoms with Crippen molar-refractivity contribution < 1.29 is 27.9 Å². The van der Waals surface area contributed by atoms with Crippen molar-refractivity contribution in [2.75, 3.05) is 11.1 Å². The number of aliphatic carboxylic acids is 1. The summed E-state index contributed by atoms with van der Waals surface area (Å²) >= 11 is 0. The van der Waals surface area contributed by atoms with E-state index in [2.05, 4.69) is 20.3 Å². The lowest BCUT2D eigenvalue weighted by molar-refractivity contribution is -0.133. The van der Waals surface area contributed by atoms with E-state index in [0.29, 0.717) is 17.5 Å². The predicted molar refractivity (Wildman–Crippen MR) is 114 cm³/mol. The molecule has 1 aromatic carbocycles. The van der Waals surface area contributed by atoms with Crippen molar-refractivity contribution in [1.29, 1.82) is 0 Å². The minimum atomic E-state index is -4.32. The Hall–Kier alpha value is -3.89. The lowest BCUT2D eigenvalue weighted by Gasteiger charge is -2.09. The number of benzene rings is 1. The summed E-state index contributed by atoms with van der Waals surface area (Å²) in [6, 6.07) is 7.29. The van der Waals surface area contributed by atoms with Gasteiger partial charge in [0.2, 0.25) is 5.91 Å². The van der Waals surface area contributed by atoms with Crippen LogP contribution in [0.25, 0.3) is 11.0 Å². The number of carboxylic acids is 1. The molecule has 0 saturated carbocycles. The van der Waals surface area contributed by atoms with Gasteiger partial charge < -0.3 is 21.1 Å². The first-order valence-electron chi connectivity index (χ1n) is 9.36. The standard InChI is InChI=1S/C15H15N5O.C6H7F3O2/c1-9-2-3-10(16)6-12(9)20-14(21)7-13-11-4-5-17-15(11)19-8-18-13;1-4(5(10)11)2-3-6(7,8)9/h2-6,8H,7,16H2,1H3,(H,20,21)(H,17,18,19);2H,3H2,1H3,(H,10,11). The number of carbonyl (C=O) groups is 2. The first kappa shape index (κ1) is 24.4. The fourth-order valence-electron chi connectivity index (χ4n) is 2.54. The Kier molecular flexibility index (Phi) is 7.94. The summed E-state index contributed by atoms with van der Waals surface area (Å²) in [6.45, 7) is 3.04. The van der Waals surface area contributed by atoms with Gasteiger partial charge in [-0.1, -0.05) is 12.1 Å². The number of aromatic nitrogens is 3. The van der Waals surface area contributed by atoms with Crippen LogP contribution in [0.1, 0.15) is 24.6 Å². The molecule has 0 unspecified atom stereocenters. The van der Waals surface area contributed by atoms with Crippen LogP contribution in [-0.2, 0) is 16.0 Å². The third kappa shape index (κ3) is 7.42. The average molecular weight is 449 g/mol. The van der Waals surface area contributed by atoms with Gasteiger partial charge in [-0.15, -0.1) is 0 Å². The monoisotopic (exact) mass is 449 g/mol. The number of aromatic amines is 1. The first-order valence-corrected chi connectivity index (χ1v) is 9.36. The number of nitrogens with zero attached hydrogens (tertiary/aromatic N) is 2. The highest BCUT2D eigenvalue weighted by molar-refractivity contribution is 5.95. The Labute approximate surface area is 181 Å². The number of carboxylic acid groups (broad SMARTS) is 1. The molecule has 8 nitrogen and oxygen atoms in total. The van der Waals surface area contributed by atoms with E-state index in [1.54, 1.807) is 18.3 Å². The number of anilines is 2. The molecular formula is C21H22F3N5O3. The molecule has 2 heterocycles. The second-order valence-electron chi connectivity index (χ2n) is 6.87. The van der Waals surface area contributed by atoms with Gasteiger partial charge in [0.1, 0.15) is 12.0 Å². The molecule has 0 fully saturated rings. The number of H-pyrrole nitrogens is 1. The van der Waals surface area contributed by atoms with Gasteiger partial charge in [-0.3, -0.25) is 4.79 Å². The molecule has 0 bridgehead atoms. The van der Waals surface area contributed by atoms with E-state index in [0.717, 1.165) is 29.2 Å². The summed E-state index contributed by atoms with van der Waals surface area (Å²) in [4.78, 5) is 33.5. The van der Waals surface area contributed by atoms with Crippen molar-refractivity contribution in [3.63, 3.8) is 0 Å². The van der Waals surface area contributed by atoms with Crippen LogP contribution in [0.4, 0.5) is 24.5 Å². The quantitative estimate of drug-likeness (QED) is 0.344. The Bertz CT molecular complexity index is 1140. The number of rotatable bonds is 5. The molecular weight excluding hydrogens is 427 g/mol. The third-order valence-corrected chi connectivity index (χ3v) is 4.28. The normalized spacial score (nSPS) is 11.6. The number of nitrogen functional groups attached to an aromatic ring is 1. The van der Waals surface area contributed by atoms with Gasteiger partial charge in [0.25, 0.3) is 0 Å². The number of aryl methyl sites for hydroxylation is 1. The maximum Gasteiger partial charge on any atom is 0.392 e. The van der Waals surface area contributed by atoms with Crippen LogP contribution in [0.2, 0.25) is 0 Å². The van der Waals surface area contributed by atoms with Crippen molar-refractivity contribution in [2.45, 2.75) is 32.9 Å². The topological polar surface area (TPSA) is 134 Å². The SMILES string of the molecule is CC(=CCC(F)(F)F)C(=O)O.Cc1ccc(N)cc1NC(=O)Cc1ncnc2[nH]ccc12. The van der Waals surface area contributed by atoms with E-state index >= 15 is 0 Å². The fraction of sp³-hybridized carbons (Fsp3) is 0.238. The van der Waals surface area contributed by atoms with Crippen molar-refractivity contribution in [3.8, 4) is 0 Å². The summed E-state index contributed by atoms with van der Waals surface area (Å²) in [5.41, 5.74) is 9.18. The van der Waals surface area contributed by atoms with E-state index in [-0.39, 0.29) is 17.9 Å². The van der Waals surface area contributed by atoms with Crippen LogP contribution in [0.5, 0.6) is 0 Å². The molecule has 11 heteroatoms. The average Bonchev–Trinajstić information content (AvgIpc) is 3.18. The number of allylic oxidation sites excluding steroid dienone is 1. The predicted octanol–water partition coefficient (Wildman–Crippen LogP) is 4.00. The minimum absolute atomic E-state index is 0.134. The van der Waals surface area contributed by atoms with Gasteiger partial charge in [-0.25, -0.2) is 14.8 Å². The first-order chi connectivity index (χ1) is 15.0. The largest absolute Gasteiger partial charge is 0.478 e. The molecule has 32 heavy (non-hydrogen) atoms. The highest BCUT2D eigenvalue weighted by Gasteiger charge is 2.25. The van der Waals surface area contributed by atoms with E-state index in [1.807, 2.05) is 19.1 Å². The molecule has 0 aliphatic rings. The number of halogens is 3. The molecule has 0 atom stereocenters. The number of alkyl halides is 3. The van der Waals surface area contributed by atoms with Gasteiger partial charge in [-0.2, -0.15) is 13.2 Å². The Morgan fingerprint density at radius 2 is 1.97 bits per heavy atom. The van der Waals surface area contributed by atoms with Crippen molar-refractivity contribution >= 4 is 34.3 Å². The van der Waals surface area contributed by atoms with E-state index < -0.39 is 18.6 Å². The molecule has 0 aliphatic heterocycles. The summed E-state index contributed by atoms with van der Waals surface area (Å²) in [6.07, 6.45) is -1.45. The second kappa shape index (κ2) is 10.4. The number of nitrogens with two attached hydrogens (primary N) is 1. The molecule has 3 aromatic rings. The van der Waals surface area contributed by atoms with E-state index in [9.17, 15) is 22.8 Å². The van der Waals surface area contributed by atoms with Crippen LogP contribution >= 0.6 is 0 Å².